The molecule has 0 saturated heterocycles. The number of benzene rings is 2. The Hall–Kier alpha value is -0.640. The number of hydrogen-bond acceptors (Lipinski definition) is 2. The lowest BCUT2D eigenvalue weighted by Gasteiger charge is -2.10. The number of carbonyl (C=O) groups is 1. The third kappa shape index (κ3) is 3.33. The first kappa shape index (κ1) is 15.7. The highest BCUT2D eigenvalue weighted by Crippen LogP contribution is 2.34. The van der Waals surface area contributed by atoms with Gasteiger partial charge in [0, 0.05) is 11.1 Å². The molecule has 0 heterocycles. The molecule has 20 heavy (non-hydrogen) atoms. The number of hydrogen-bond donors (Lipinski definition) is 0. The van der Waals surface area contributed by atoms with Gasteiger partial charge in [-0.2, -0.15) is 0 Å². The minimum atomic E-state index is -0.772. The molecule has 2 aromatic rings. The molecule has 0 bridgehead atoms. The molecule has 7 heteroatoms. The molecular formula is C13H5Cl5O2. The van der Waals surface area contributed by atoms with Crippen molar-refractivity contribution < 1.29 is 9.53 Å². The van der Waals surface area contributed by atoms with E-state index in [9.17, 15) is 4.79 Å². The zero-order valence-corrected chi connectivity index (χ0v) is 13.4. The monoisotopic (exact) mass is 368 g/mol. The Bertz CT molecular complexity index is 685. The molecule has 0 N–H and O–H groups in total. The Morgan fingerprint density at radius 3 is 2.15 bits per heavy atom. The van der Waals surface area contributed by atoms with E-state index in [-0.39, 0.29) is 31.4 Å². The molecule has 0 spiro atoms. The van der Waals surface area contributed by atoms with Gasteiger partial charge in [0.2, 0.25) is 0 Å². The van der Waals surface area contributed by atoms with Crippen molar-refractivity contribution in [3.8, 4) is 5.75 Å². The Balaban J connectivity index is 2.38. The van der Waals surface area contributed by atoms with Gasteiger partial charge in [-0.25, -0.2) is 4.79 Å². The largest absolute Gasteiger partial charge is 0.421 e. The Morgan fingerprint density at radius 1 is 0.850 bits per heavy atom. The SMILES string of the molecule is O=C(Oc1cc(Cl)ccc1Cl)c1c(Cl)ccc(Cl)c1Cl. The fraction of sp³-hybridized carbons (Fsp3) is 0. The van der Waals surface area contributed by atoms with Crippen LogP contribution in [-0.4, -0.2) is 5.97 Å². The summed E-state index contributed by atoms with van der Waals surface area (Å²) in [5, 5.41) is 0.947. The molecule has 0 radical (unpaired) electrons. The molecule has 0 aliphatic carbocycles. The Morgan fingerprint density at radius 2 is 1.45 bits per heavy atom. The minimum absolute atomic E-state index is 0.0160. The summed E-state index contributed by atoms with van der Waals surface area (Å²) < 4.78 is 5.15. The average molecular weight is 370 g/mol. The van der Waals surface area contributed by atoms with E-state index in [0.29, 0.717) is 5.02 Å². The molecular weight excluding hydrogens is 365 g/mol. The third-order valence-electron chi connectivity index (χ3n) is 2.34. The van der Waals surface area contributed by atoms with Gasteiger partial charge in [-0.1, -0.05) is 58.0 Å². The summed E-state index contributed by atoms with van der Waals surface area (Å²) in [5.41, 5.74) is -0.0307. The molecule has 0 saturated carbocycles. The van der Waals surface area contributed by atoms with Crippen LogP contribution in [0.15, 0.2) is 30.3 Å². The molecule has 2 nitrogen and oxygen atoms in total. The first-order chi connectivity index (χ1) is 9.40. The van der Waals surface area contributed by atoms with E-state index >= 15 is 0 Å². The van der Waals surface area contributed by atoms with Crippen molar-refractivity contribution in [1.82, 2.24) is 0 Å². The van der Waals surface area contributed by atoms with Crippen LogP contribution in [0.1, 0.15) is 10.4 Å². The number of halogens is 5. The van der Waals surface area contributed by atoms with Gasteiger partial charge in [0.25, 0.3) is 0 Å². The molecule has 0 aliphatic heterocycles. The first-order valence-electron chi connectivity index (χ1n) is 5.21. The summed E-state index contributed by atoms with van der Waals surface area (Å²) in [4.78, 5) is 12.1. The van der Waals surface area contributed by atoms with E-state index in [1.807, 2.05) is 0 Å². The van der Waals surface area contributed by atoms with E-state index in [4.69, 9.17) is 62.7 Å². The zero-order valence-electron chi connectivity index (χ0n) is 9.59. The van der Waals surface area contributed by atoms with Crippen LogP contribution in [0.4, 0.5) is 0 Å². The predicted molar refractivity (Wildman–Crippen MR) is 82.9 cm³/mol. The summed E-state index contributed by atoms with van der Waals surface area (Å²) in [7, 11) is 0. The second-order valence-corrected chi connectivity index (χ2v) is 5.72. The lowest BCUT2D eigenvalue weighted by molar-refractivity contribution is 0.0735. The van der Waals surface area contributed by atoms with E-state index in [1.54, 1.807) is 6.07 Å². The van der Waals surface area contributed by atoms with Crippen molar-refractivity contribution in [3.63, 3.8) is 0 Å². The topological polar surface area (TPSA) is 26.3 Å². The highest BCUT2D eigenvalue weighted by Gasteiger charge is 2.20. The van der Waals surface area contributed by atoms with Crippen molar-refractivity contribution in [2.24, 2.45) is 0 Å². The maximum absolute atomic E-state index is 12.1. The van der Waals surface area contributed by atoms with E-state index in [1.165, 1.54) is 24.3 Å². The highest BCUT2D eigenvalue weighted by molar-refractivity contribution is 6.46. The molecule has 0 amide bonds. The number of ether oxygens (including phenoxy) is 1. The van der Waals surface area contributed by atoms with Crippen molar-refractivity contribution in [3.05, 3.63) is 61.0 Å². The number of rotatable bonds is 2. The quantitative estimate of drug-likeness (QED) is 0.359. The van der Waals surface area contributed by atoms with E-state index < -0.39 is 5.97 Å². The van der Waals surface area contributed by atoms with Gasteiger partial charge in [-0.05, 0) is 24.3 Å². The van der Waals surface area contributed by atoms with Crippen molar-refractivity contribution in [2.45, 2.75) is 0 Å². The fourth-order valence-corrected chi connectivity index (χ4v) is 2.42. The van der Waals surface area contributed by atoms with Crippen LogP contribution in [-0.2, 0) is 0 Å². The summed E-state index contributed by atoms with van der Waals surface area (Å²) in [5.74, 6) is -0.664. The smallest absolute Gasteiger partial charge is 0.346 e. The molecule has 2 rings (SSSR count). The van der Waals surface area contributed by atoms with E-state index in [0.717, 1.165) is 0 Å². The number of esters is 1. The maximum Gasteiger partial charge on any atom is 0.346 e. The molecule has 0 fully saturated rings. The average Bonchev–Trinajstić information content (AvgIpc) is 2.39. The van der Waals surface area contributed by atoms with Crippen LogP contribution in [0.3, 0.4) is 0 Å². The van der Waals surface area contributed by atoms with Gasteiger partial charge in [-0.3, -0.25) is 0 Å². The summed E-state index contributed by atoms with van der Waals surface area (Å²) in [6.07, 6.45) is 0. The van der Waals surface area contributed by atoms with Crippen LogP contribution < -0.4 is 4.74 Å². The molecule has 2 aromatic carbocycles. The normalized spacial score (nSPS) is 10.4. The van der Waals surface area contributed by atoms with Gasteiger partial charge >= 0.3 is 5.97 Å². The summed E-state index contributed by atoms with van der Waals surface area (Å²) >= 11 is 29.5. The highest BCUT2D eigenvalue weighted by atomic mass is 35.5. The van der Waals surface area contributed by atoms with Crippen LogP contribution in [0.2, 0.25) is 25.1 Å². The predicted octanol–water partition coefficient (Wildman–Crippen LogP) is 6.17. The van der Waals surface area contributed by atoms with Crippen molar-refractivity contribution >= 4 is 64.0 Å². The molecule has 0 aliphatic rings. The zero-order chi connectivity index (χ0) is 14.9. The van der Waals surface area contributed by atoms with Gasteiger partial charge in [0.05, 0.1) is 25.7 Å². The van der Waals surface area contributed by atoms with Crippen LogP contribution in [0.5, 0.6) is 5.75 Å². The van der Waals surface area contributed by atoms with Gasteiger partial charge in [0.1, 0.15) is 0 Å². The number of carbonyl (C=O) groups excluding carboxylic acids is 1. The Labute approximate surface area is 140 Å². The van der Waals surface area contributed by atoms with Crippen LogP contribution in [0.25, 0.3) is 0 Å². The molecule has 104 valence electrons. The van der Waals surface area contributed by atoms with E-state index in [2.05, 4.69) is 0 Å². The maximum atomic E-state index is 12.1. The van der Waals surface area contributed by atoms with Gasteiger partial charge in [0.15, 0.2) is 5.75 Å². The third-order valence-corrected chi connectivity index (χ3v) is 4.01. The molecule has 0 aromatic heterocycles. The lowest BCUT2D eigenvalue weighted by atomic mass is 10.2. The summed E-state index contributed by atoms with van der Waals surface area (Å²) in [6, 6.07) is 7.42. The first-order valence-corrected chi connectivity index (χ1v) is 7.10. The fourth-order valence-electron chi connectivity index (χ4n) is 1.42. The van der Waals surface area contributed by atoms with Gasteiger partial charge in [-0.15, -0.1) is 0 Å². The Kier molecular flexibility index (Phi) is 5.05. The van der Waals surface area contributed by atoms with Crippen molar-refractivity contribution in [2.75, 3.05) is 0 Å². The molecule has 0 atom stereocenters. The minimum Gasteiger partial charge on any atom is -0.421 e. The van der Waals surface area contributed by atoms with Gasteiger partial charge < -0.3 is 4.74 Å². The van der Waals surface area contributed by atoms with Crippen molar-refractivity contribution in [1.29, 1.82) is 0 Å². The molecule has 0 unspecified atom stereocenters. The summed E-state index contributed by atoms with van der Waals surface area (Å²) in [6.45, 7) is 0. The van der Waals surface area contributed by atoms with Crippen LogP contribution >= 0.6 is 58.0 Å². The lowest BCUT2D eigenvalue weighted by Crippen LogP contribution is -2.10. The standard InChI is InChI=1S/C13H5Cl5O2/c14-6-1-2-7(15)10(5-6)20-13(19)11-8(16)3-4-9(17)12(11)18/h1-5H. The van der Waals surface area contributed by atoms with Crippen LogP contribution in [0, 0.1) is 0 Å². The second-order valence-electron chi connectivity index (χ2n) is 3.68. The second kappa shape index (κ2) is 6.42.